The zero-order chi connectivity index (χ0) is 19.1. The highest BCUT2D eigenvalue weighted by atomic mass is 35.5. The quantitative estimate of drug-likeness (QED) is 0.422. The molecule has 0 radical (unpaired) electrons. The third-order valence-corrected chi connectivity index (χ3v) is 3.82. The van der Waals surface area contributed by atoms with Crippen molar-refractivity contribution in [3.63, 3.8) is 0 Å². The average Bonchev–Trinajstić information content (AvgIpc) is 2.58. The minimum Gasteiger partial charge on any atom is -0.479 e. The number of hydrogen-bond acceptors (Lipinski definition) is 3. The van der Waals surface area contributed by atoms with E-state index in [1.54, 1.807) is 24.3 Å². The number of carbonyl (C=O) groups excluding carboxylic acids is 1. The van der Waals surface area contributed by atoms with Gasteiger partial charge < -0.3 is 10.1 Å². The van der Waals surface area contributed by atoms with Crippen LogP contribution in [0.1, 0.15) is 5.56 Å². The van der Waals surface area contributed by atoms with E-state index in [0.29, 0.717) is 21.3 Å². The number of benzene rings is 2. The van der Waals surface area contributed by atoms with Crippen LogP contribution in [-0.2, 0) is 4.79 Å². The van der Waals surface area contributed by atoms with Crippen LogP contribution >= 0.6 is 34.8 Å². The van der Waals surface area contributed by atoms with E-state index in [1.807, 2.05) is 6.07 Å². The number of rotatable bonds is 5. The van der Waals surface area contributed by atoms with E-state index in [0.717, 1.165) is 0 Å². The van der Waals surface area contributed by atoms with Crippen molar-refractivity contribution in [1.82, 2.24) is 0 Å². The summed E-state index contributed by atoms with van der Waals surface area (Å²) < 4.78 is 5.40. The predicted octanol–water partition coefficient (Wildman–Crippen LogP) is 5.20. The SMILES string of the molecule is C#CCOc1c(Cl)cc(Cl)cc1/C=C(\C#N)C(=O)Nc1cccc(Cl)c1. The Morgan fingerprint density at radius 2 is 2.00 bits per heavy atom. The number of nitrogens with one attached hydrogen (secondary N) is 1. The molecule has 0 aromatic heterocycles. The number of nitriles is 1. The minimum absolute atomic E-state index is 0.0290. The minimum atomic E-state index is -0.617. The first-order chi connectivity index (χ1) is 12.4. The molecule has 2 aromatic carbocycles. The van der Waals surface area contributed by atoms with E-state index < -0.39 is 5.91 Å². The number of terminal acetylenes is 1. The van der Waals surface area contributed by atoms with E-state index in [2.05, 4.69) is 11.2 Å². The van der Waals surface area contributed by atoms with Crippen LogP contribution in [0.2, 0.25) is 15.1 Å². The molecule has 2 aromatic rings. The van der Waals surface area contributed by atoms with Crippen LogP contribution in [0.5, 0.6) is 5.75 Å². The van der Waals surface area contributed by atoms with Gasteiger partial charge in [-0.25, -0.2) is 0 Å². The molecule has 26 heavy (non-hydrogen) atoms. The summed E-state index contributed by atoms with van der Waals surface area (Å²) in [4.78, 5) is 12.4. The van der Waals surface area contributed by atoms with Crippen LogP contribution in [0.4, 0.5) is 5.69 Å². The maximum Gasteiger partial charge on any atom is 0.266 e. The monoisotopic (exact) mass is 404 g/mol. The van der Waals surface area contributed by atoms with E-state index in [-0.39, 0.29) is 23.0 Å². The largest absolute Gasteiger partial charge is 0.479 e. The van der Waals surface area contributed by atoms with Crippen LogP contribution in [0.25, 0.3) is 6.08 Å². The average molecular weight is 406 g/mol. The fourth-order valence-corrected chi connectivity index (χ4v) is 2.78. The molecular formula is C19H11Cl3N2O2. The molecule has 0 fully saturated rings. The van der Waals surface area contributed by atoms with Crippen molar-refractivity contribution in [3.8, 4) is 24.2 Å². The predicted molar refractivity (Wildman–Crippen MR) is 104 cm³/mol. The molecule has 0 aliphatic heterocycles. The fourth-order valence-electron chi connectivity index (χ4n) is 2.02. The number of amides is 1. The first kappa shape index (κ1) is 19.7. The molecule has 0 spiro atoms. The topological polar surface area (TPSA) is 62.1 Å². The summed E-state index contributed by atoms with van der Waals surface area (Å²) in [6.45, 7) is -0.0290. The van der Waals surface area contributed by atoms with Gasteiger partial charge in [0.15, 0.2) is 0 Å². The lowest BCUT2D eigenvalue weighted by Gasteiger charge is -2.10. The molecule has 130 valence electrons. The van der Waals surface area contributed by atoms with Gasteiger partial charge in [0, 0.05) is 21.3 Å². The second-order valence-corrected chi connectivity index (χ2v) is 6.21. The Kier molecular flexibility index (Phi) is 6.95. The smallest absolute Gasteiger partial charge is 0.266 e. The highest BCUT2D eigenvalue weighted by molar-refractivity contribution is 6.36. The van der Waals surface area contributed by atoms with Gasteiger partial charge in [-0.05, 0) is 36.4 Å². The molecule has 1 amide bonds. The van der Waals surface area contributed by atoms with Crippen molar-refractivity contribution in [1.29, 1.82) is 5.26 Å². The van der Waals surface area contributed by atoms with E-state index in [9.17, 15) is 10.1 Å². The molecule has 1 N–H and O–H groups in total. The summed E-state index contributed by atoms with van der Waals surface area (Å²) in [6, 6.07) is 11.4. The normalized spacial score (nSPS) is 10.6. The summed E-state index contributed by atoms with van der Waals surface area (Å²) in [6.07, 6.45) is 6.52. The van der Waals surface area contributed by atoms with Crippen LogP contribution in [0, 0.1) is 23.7 Å². The Labute approximate surface area is 165 Å². The molecular weight excluding hydrogens is 395 g/mol. The van der Waals surface area contributed by atoms with E-state index in [1.165, 1.54) is 18.2 Å². The number of nitrogens with zero attached hydrogens (tertiary/aromatic N) is 1. The standard InChI is InChI=1S/C19H11Cl3N2O2/c1-2-6-26-18-12(8-15(21)10-17(18)22)7-13(11-23)19(25)24-16-5-3-4-14(20)9-16/h1,3-5,7-10H,6H2,(H,24,25)/b13-7+. The third kappa shape index (κ3) is 5.18. The van der Waals surface area contributed by atoms with Gasteiger partial charge >= 0.3 is 0 Å². The molecule has 0 atom stereocenters. The molecule has 0 saturated heterocycles. The maximum atomic E-state index is 12.4. The lowest BCUT2D eigenvalue weighted by molar-refractivity contribution is -0.112. The van der Waals surface area contributed by atoms with Crippen molar-refractivity contribution < 1.29 is 9.53 Å². The van der Waals surface area contributed by atoms with Gasteiger partial charge in [-0.15, -0.1) is 6.42 Å². The van der Waals surface area contributed by atoms with Gasteiger partial charge in [0.05, 0.1) is 5.02 Å². The van der Waals surface area contributed by atoms with Gasteiger partial charge in [-0.1, -0.05) is 46.8 Å². The highest BCUT2D eigenvalue weighted by Crippen LogP contribution is 2.34. The van der Waals surface area contributed by atoms with Gasteiger partial charge in [-0.2, -0.15) is 5.26 Å². The Hall–Kier alpha value is -2.63. The zero-order valence-corrected chi connectivity index (χ0v) is 15.5. The number of halogens is 3. The van der Waals surface area contributed by atoms with E-state index >= 15 is 0 Å². The van der Waals surface area contributed by atoms with E-state index in [4.69, 9.17) is 46.0 Å². The summed E-state index contributed by atoms with van der Waals surface area (Å²) in [5.41, 5.74) is 0.640. The lowest BCUT2D eigenvalue weighted by Crippen LogP contribution is -2.13. The molecule has 2 rings (SSSR count). The Bertz CT molecular complexity index is 956. The van der Waals surface area contributed by atoms with Crippen molar-refractivity contribution in [2.75, 3.05) is 11.9 Å². The van der Waals surface area contributed by atoms with Crippen LogP contribution in [0.3, 0.4) is 0 Å². The van der Waals surface area contributed by atoms with Crippen molar-refractivity contribution in [2.45, 2.75) is 0 Å². The van der Waals surface area contributed by atoms with Gasteiger partial charge in [-0.3, -0.25) is 4.79 Å². The Morgan fingerprint density at radius 1 is 1.23 bits per heavy atom. The Balaban J connectivity index is 2.37. The van der Waals surface area contributed by atoms with Crippen molar-refractivity contribution >= 4 is 52.5 Å². The summed E-state index contributed by atoms with van der Waals surface area (Å²) in [5.74, 6) is 1.94. The zero-order valence-electron chi connectivity index (χ0n) is 13.2. The van der Waals surface area contributed by atoms with Gasteiger partial charge in [0.1, 0.15) is 24.0 Å². The fraction of sp³-hybridized carbons (Fsp3) is 0.0526. The van der Waals surface area contributed by atoms with Crippen molar-refractivity contribution in [2.24, 2.45) is 0 Å². The molecule has 7 heteroatoms. The first-order valence-corrected chi connectivity index (χ1v) is 8.32. The number of ether oxygens (including phenoxy) is 1. The van der Waals surface area contributed by atoms with Gasteiger partial charge in [0.2, 0.25) is 0 Å². The van der Waals surface area contributed by atoms with Crippen LogP contribution in [0.15, 0.2) is 42.0 Å². The van der Waals surface area contributed by atoms with Gasteiger partial charge in [0.25, 0.3) is 5.91 Å². The number of carbonyl (C=O) groups is 1. The molecule has 0 bridgehead atoms. The second-order valence-electron chi connectivity index (χ2n) is 4.93. The molecule has 0 saturated carbocycles. The number of anilines is 1. The number of hydrogen-bond donors (Lipinski definition) is 1. The third-order valence-electron chi connectivity index (χ3n) is 3.08. The molecule has 0 unspecified atom stereocenters. The summed E-state index contributed by atoms with van der Waals surface area (Å²) in [7, 11) is 0. The highest BCUT2D eigenvalue weighted by Gasteiger charge is 2.14. The molecule has 0 aliphatic carbocycles. The summed E-state index contributed by atoms with van der Waals surface area (Å²) in [5, 5.41) is 12.9. The van der Waals surface area contributed by atoms with Crippen LogP contribution < -0.4 is 10.1 Å². The summed E-state index contributed by atoms with van der Waals surface area (Å²) >= 11 is 18.0. The van der Waals surface area contributed by atoms with Crippen molar-refractivity contribution in [3.05, 3.63) is 62.6 Å². The molecule has 4 nitrogen and oxygen atoms in total. The molecule has 0 heterocycles. The second kappa shape index (κ2) is 9.17. The maximum absolute atomic E-state index is 12.4. The Morgan fingerprint density at radius 3 is 2.65 bits per heavy atom. The molecule has 0 aliphatic rings. The van der Waals surface area contributed by atoms with Crippen LogP contribution in [-0.4, -0.2) is 12.5 Å². The lowest BCUT2D eigenvalue weighted by atomic mass is 10.1. The first-order valence-electron chi connectivity index (χ1n) is 7.18.